The van der Waals surface area contributed by atoms with Gasteiger partial charge in [-0.1, -0.05) is 11.3 Å². The zero-order valence-electron chi connectivity index (χ0n) is 12.3. The standard InChI is InChI=1S/C13H23N5OS/c1-4-14-13-17-16-12(20-13)11(19)15-7-10-5-6-18(8-10)9(2)3/h9-10H,4-8H2,1-3H3,(H,14,17)(H,15,19). The topological polar surface area (TPSA) is 70.1 Å². The van der Waals surface area contributed by atoms with Crippen molar-refractivity contribution in [1.82, 2.24) is 20.4 Å². The summed E-state index contributed by atoms with van der Waals surface area (Å²) in [4.78, 5) is 14.4. The third kappa shape index (κ3) is 3.89. The Kier molecular flexibility index (Phi) is 5.31. The Morgan fingerprint density at radius 1 is 1.50 bits per heavy atom. The number of likely N-dealkylation sites (tertiary alicyclic amines) is 1. The molecule has 0 saturated carbocycles. The smallest absolute Gasteiger partial charge is 0.282 e. The first-order valence-corrected chi connectivity index (χ1v) is 8.01. The lowest BCUT2D eigenvalue weighted by molar-refractivity contribution is 0.0946. The zero-order chi connectivity index (χ0) is 14.5. The number of amides is 1. The predicted molar refractivity (Wildman–Crippen MR) is 81.2 cm³/mol. The van der Waals surface area contributed by atoms with E-state index >= 15 is 0 Å². The van der Waals surface area contributed by atoms with Crippen LogP contribution in [0.1, 0.15) is 37.0 Å². The largest absolute Gasteiger partial charge is 0.360 e. The molecular formula is C13H23N5OS. The highest BCUT2D eigenvalue weighted by molar-refractivity contribution is 7.17. The molecule has 0 bridgehead atoms. The van der Waals surface area contributed by atoms with E-state index in [9.17, 15) is 4.79 Å². The minimum Gasteiger partial charge on any atom is -0.360 e. The molecule has 2 rings (SSSR count). The van der Waals surface area contributed by atoms with Crippen molar-refractivity contribution in [2.24, 2.45) is 5.92 Å². The van der Waals surface area contributed by atoms with E-state index < -0.39 is 0 Å². The zero-order valence-corrected chi connectivity index (χ0v) is 13.2. The minimum atomic E-state index is -0.116. The van der Waals surface area contributed by atoms with Crippen LogP contribution >= 0.6 is 11.3 Å². The van der Waals surface area contributed by atoms with Crippen molar-refractivity contribution in [2.45, 2.75) is 33.2 Å². The SMILES string of the molecule is CCNc1nnc(C(=O)NCC2CCN(C(C)C)C2)s1. The Morgan fingerprint density at radius 3 is 2.95 bits per heavy atom. The van der Waals surface area contributed by atoms with Gasteiger partial charge in [0.2, 0.25) is 10.1 Å². The summed E-state index contributed by atoms with van der Waals surface area (Å²) in [6.07, 6.45) is 1.15. The van der Waals surface area contributed by atoms with Crippen LogP contribution in [0.2, 0.25) is 0 Å². The van der Waals surface area contributed by atoms with Crippen molar-refractivity contribution >= 4 is 22.4 Å². The summed E-state index contributed by atoms with van der Waals surface area (Å²) < 4.78 is 0. The van der Waals surface area contributed by atoms with Gasteiger partial charge in [0, 0.05) is 25.7 Å². The molecule has 112 valence electrons. The molecule has 1 amide bonds. The van der Waals surface area contributed by atoms with E-state index in [4.69, 9.17) is 0 Å². The number of anilines is 1. The lowest BCUT2D eigenvalue weighted by Gasteiger charge is -2.20. The number of carbonyl (C=O) groups is 1. The van der Waals surface area contributed by atoms with E-state index in [1.165, 1.54) is 11.3 Å². The van der Waals surface area contributed by atoms with Gasteiger partial charge in [-0.25, -0.2) is 0 Å². The molecule has 1 saturated heterocycles. The maximum absolute atomic E-state index is 12.0. The molecule has 7 heteroatoms. The molecule has 0 spiro atoms. The highest BCUT2D eigenvalue weighted by Gasteiger charge is 2.24. The Labute approximate surface area is 124 Å². The van der Waals surface area contributed by atoms with Gasteiger partial charge in [-0.05, 0) is 39.7 Å². The van der Waals surface area contributed by atoms with Crippen LogP contribution in [0.3, 0.4) is 0 Å². The van der Waals surface area contributed by atoms with Crippen LogP contribution < -0.4 is 10.6 Å². The second kappa shape index (κ2) is 6.99. The van der Waals surface area contributed by atoms with E-state index in [0.717, 1.165) is 32.6 Å². The number of aromatic nitrogens is 2. The van der Waals surface area contributed by atoms with Gasteiger partial charge in [0.25, 0.3) is 5.91 Å². The average molecular weight is 297 g/mol. The first kappa shape index (κ1) is 15.2. The van der Waals surface area contributed by atoms with Gasteiger partial charge in [-0.2, -0.15) is 0 Å². The molecule has 20 heavy (non-hydrogen) atoms. The predicted octanol–water partition coefficient (Wildman–Crippen LogP) is 1.43. The van der Waals surface area contributed by atoms with Crippen molar-refractivity contribution in [3.8, 4) is 0 Å². The lowest BCUT2D eigenvalue weighted by Crippen LogP contribution is -2.32. The number of nitrogens with zero attached hydrogens (tertiary/aromatic N) is 3. The highest BCUT2D eigenvalue weighted by atomic mass is 32.1. The maximum Gasteiger partial charge on any atom is 0.282 e. The van der Waals surface area contributed by atoms with Crippen LogP contribution in [0, 0.1) is 5.92 Å². The van der Waals surface area contributed by atoms with E-state index in [1.54, 1.807) is 0 Å². The Balaban J connectivity index is 1.77. The molecule has 1 aromatic rings. The van der Waals surface area contributed by atoms with Crippen molar-refractivity contribution in [2.75, 3.05) is 31.5 Å². The van der Waals surface area contributed by atoms with Crippen LogP contribution in [0.4, 0.5) is 5.13 Å². The summed E-state index contributed by atoms with van der Waals surface area (Å²) in [5, 5.41) is 15.0. The molecule has 0 aliphatic carbocycles. The van der Waals surface area contributed by atoms with Gasteiger partial charge in [-0.3, -0.25) is 4.79 Å². The Hall–Kier alpha value is -1.21. The second-order valence-corrected chi connectivity index (χ2v) is 6.37. The summed E-state index contributed by atoms with van der Waals surface area (Å²) >= 11 is 1.30. The quantitative estimate of drug-likeness (QED) is 0.831. The van der Waals surface area contributed by atoms with Crippen LogP contribution in [-0.2, 0) is 0 Å². The summed E-state index contributed by atoms with van der Waals surface area (Å²) in [6, 6.07) is 0.585. The maximum atomic E-state index is 12.0. The number of hydrogen-bond donors (Lipinski definition) is 2. The van der Waals surface area contributed by atoms with Gasteiger partial charge in [0.15, 0.2) is 0 Å². The van der Waals surface area contributed by atoms with Gasteiger partial charge in [-0.15, -0.1) is 10.2 Å². The number of carbonyl (C=O) groups excluding carboxylic acids is 1. The second-order valence-electron chi connectivity index (χ2n) is 5.40. The van der Waals surface area contributed by atoms with Gasteiger partial charge in [0.05, 0.1) is 0 Å². The van der Waals surface area contributed by atoms with Crippen molar-refractivity contribution in [3.63, 3.8) is 0 Å². The highest BCUT2D eigenvalue weighted by Crippen LogP contribution is 2.18. The molecule has 1 aromatic heterocycles. The summed E-state index contributed by atoms with van der Waals surface area (Å²) in [7, 11) is 0. The van der Waals surface area contributed by atoms with Crippen LogP contribution in [0.5, 0.6) is 0 Å². The molecule has 1 fully saturated rings. The van der Waals surface area contributed by atoms with Crippen molar-refractivity contribution < 1.29 is 4.79 Å². The first-order valence-electron chi connectivity index (χ1n) is 7.19. The third-order valence-electron chi connectivity index (χ3n) is 3.55. The van der Waals surface area contributed by atoms with E-state index in [0.29, 0.717) is 22.1 Å². The molecule has 0 aromatic carbocycles. The van der Waals surface area contributed by atoms with Gasteiger partial charge < -0.3 is 15.5 Å². The van der Waals surface area contributed by atoms with Gasteiger partial charge >= 0.3 is 0 Å². The first-order chi connectivity index (χ1) is 9.60. The number of rotatable bonds is 6. The molecule has 1 aliphatic rings. The van der Waals surface area contributed by atoms with E-state index in [1.807, 2.05) is 6.92 Å². The van der Waals surface area contributed by atoms with Crippen LogP contribution in [-0.4, -0.2) is 53.2 Å². The molecule has 2 heterocycles. The molecule has 1 unspecified atom stereocenters. The fourth-order valence-electron chi connectivity index (χ4n) is 2.35. The van der Waals surface area contributed by atoms with Crippen molar-refractivity contribution in [3.05, 3.63) is 5.01 Å². The third-order valence-corrected chi connectivity index (χ3v) is 4.43. The molecule has 1 atom stereocenters. The fourth-order valence-corrected chi connectivity index (χ4v) is 3.08. The minimum absolute atomic E-state index is 0.116. The van der Waals surface area contributed by atoms with Crippen molar-refractivity contribution in [1.29, 1.82) is 0 Å². The molecule has 0 radical (unpaired) electrons. The molecule has 6 nitrogen and oxygen atoms in total. The number of hydrogen-bond acceptors (Lipinski definition) is 6. The Morgan fingerprint density at radius 2 is 2.30 bits per heavy atom. The van der Waals surface area contributed by atoms with E-state index in [-0.39, 0.29) is 5.91 Å². The van der Waals surface area contributed by atoms with Crippen LogP contribution in [0.25, 0.3) is 0 Å². The summed E-state index contributed by atoms with van der Waals surface area (Å²) in [5.74, 6) is 0.428. The van der Waals surface area contributed by atoms with Crippen LogP contribution in [0.15, 0.2) is 0 Å². The normalized spacial score (nSPS) is 19.5. The van der Waals surface area contributed by atoms with Gasteiger partial charge in [0.1, 0.15) is 0 Å². The van der Waals surface area contributed by atoms with E-state index in [2.05, 4.69) is 39.6 Å². The molecule has 2 N–H and O–H groups in total. The molecule has 1 aliphatic heterocycles. The summed E-state index contributed by atoms with van der Waals surface area (Å²) in [6.45, 7) is 10.1. The molecular weight excluding hydrogens is 274 g/mol. The average Bonchev–Trinajstić information content (AvgIpc) is 3.05. The lowest BCUT2D eigenvalue weighted by atomic mass is 10.1. The summed E-state index contributed by atoms with van der Waals surface area (Å²) in [5.41, 5.74) is 0. The Bertz CT molecular complexity index is 448. The fraction of sp³-hybridized carbons (Fsp3) is 0.769. The monoisotopic (exact) mass is 297 g/mol. The number of nitrogens with one attached hydrogen (secondary N) is 2.